The zero-order valence-electron chi connectivity index (χ0n) is 11.0. The van der Waals surface area contributed by atoms with Crippen molar-refractivity contribution in [1.82, 2.24) is 0 Å². The SMILES string of the molecule is CN1c2ccc(F)cc2NCCC12CCCCC2. The smallest absolute Gasteiger partial charge is 0.125 e. The normalized spacial score (nSPS) is 22.2. The Hall–Kier alpha value is -1.25. The summed E-state index contributed by atoms with van der Waals surface area (Å²) in [6, 6.07) is 5.10. The lowest BCUT2D eigenvalue weighted by atomic mass is 9.78. The number of nitrogens with zero attached hydrogens (tertiary/aromatic N) is 1. The van der Waals surface area contributed by atoms with E-state index in [1.807, 2.05) is 6.07 Å². The van der Waals surface area contributed by atoms with E-state index in [1.54, 1.807) is 12.1 Å². The van der Waals surface area contributed by atoms with Crippen LogP contribution in [0.4, 0.5) is 15.8 Å². The third-order valence-corrected chi connectivity index (χ3v) is 4.72. The van der Waals surface area contributed by atoms with Crippen molar-refractivity contribution in [2.75, 3.05) is 23.8 Å². The maximum atomic E-state index is 13.3. The van der Waals surface area contributed by atoms with E-state index >= 15 is 0 Å². The highest BCUT2D eigenvalue weighted by Gasteiger charge is 2.38. The molecule has 1 fully saturated rings. The molecular formula is C15H21FN2. The molecule has 3 heteroatoms. The summed E-state index contributed by atoms with van der Waals surface area (Å²) in [5, 5.41) is 3.39. The highest BCUT2D eigenvalue weighted by atomic mass is 19.1. The lowest BCUT2D eigenvalue weighted by Crippen LogP contribution is -2.48. The monoisotopic (exact) mass is 248 g/mol. The summed E-state index contributed by atoms with van der Waals surface area (Å²) in [7, 11) is 2.18. The van der Waals surface area contributed by atoms with Crippen LogP contribution in [0.5, 0.6) is 0 Å². The van der Waals surface area contributed by atoms with Crippen molar-refractivity contribution < 1.29 is 4.39 Å². The van der Waals surface area contributed by atoms with Crippen LogP contribution in [0.2, 0.25) is 0 Å². The molecule has 0 unspecified atom stereocenters. The Morgan fingerprint density at radius 3 is 2.72 bits per heavy atom. The summed E-state index contributed by atoms with van der Waals surface area (Å²) < 4.78 is 13.3. The first-order chi connectivity index (χ1) is 8.71. The van der Waals surface area contributed by atoms with Crippen molar-refractivity contribution in [3.8, 4) is 0 Å². The average Bonchev–Trinajstić information content (AvgIpc) is 2.50. The molecule has 1 saturated carbocycles. The molecule has 0 saturated heterocycles. The van der Waals surface area contributed by atoms with Gasteiger partial charge in [-0.1, -0.05) is 19.3 Å². The van der Waals surface area contributed by atoms with E-state index in [-0.39, 0.29) is 11.4 Å². The molecule has 1 N–H and O–H groups in total. The van der Waals surface area contributed by atoms with Crippen molar-refractivity contribution >= 4 is 11.4 Å². The largest absolute Gasteiger partial charge is 0.383 e. The number of anilines is 2. The van der Waals surface area contributed by atoms with Crippen LogP contribution in [0, 0.1) is 5.82 Å². The number of halogens is 1. The van der Waals surface area contributed by atoms with Crippen LogP contribution < -0.4 is 10.2 Å². The minimum atomic E-state index is -0.158. The van der Waals surface area contributed by atoms with E-state index in [1.165, 1.54) is 32.1 Å². The van der Waals surface area contributed by atoms with Crippen LogP contribution in [0.25, 0.3) is 0 Å². The second kappa shape index (κ2) is 4.45. The van der Waals surface area contributed by atoms with E-state index in [9.17, 15) is 4.39 Å². The van der Waals surface area contributed by atoms with Gasteiger partial charge >= 0.3 is 0 Å². The van der Waals surface area contributed by atoms with E-state index in [0.717, 1.165) is 24.3 Å². The average molecular weight is 248 g/mol. The fourth-order valence-corrected chi connectivity index (χ4v) is 3.59. The Balaban J connectivity index is 1.99. The molecule has 18 heavy (non-hydrogen) atoms. The minimum absolute atomic E-state index is 0.158. The molecule has 1 aliphatic heterocycles. The predicted octanol–water partition coefficient (Wildman–Crippen LogP) is 3.78. The molecule has 0 atom stereocenters. The van der Waals surface area contributed by atoms with Crippen LogP contribution in [0.15, 0.2) is 18.2 Å². The van der Waals surface area contributed by atoms with Gasteiger partial charge in [0.2, 0.25) is 0 Å². The fraction of sp³-hybridized carbons (Fsp3) is 0.600. The zero-order chi connectivity index (χ0) is 12.6. The van der Waals surface area contributed by atoms with Gasteiger partial charge in [0.15, 0.2) is 0 Å². The van der Waals surface area contributed by atoms with Crippen LogP contribution in [0.3, 0.4) is 0 Å². The zero-order valence-corrected chi connectivity index (χ0v) is 11.0. The van der Waals surface area contributed by atoms with Crippen LogP contribution >= 0.6 is 0 Å². The van der Waals surface area contributed by atoms with E-state index in [4.69, 9.17) is 0 Å². The van der Waals surface area contributed by atoms with E-state index in [2.05, 4.69) is 17.3 Å². The molecule has 0 amide bonds. The standard InChI is InChI=1S/C15H21FN2/c1-18-14-6-5-12(16)11-13(14)17-10-9-15(18)7-3-2-4-8-15/h5-6,11,17H,2-4,7-10H2,1H3. The molecule has 98 valence electrons. The van der Waals surface area contributed by atoms with Crippen molar-refractivity contribution in [3.63, 3.8) is 0 Å². The van der Waals surface area contributed by atoms with Gasteiger partial charge < -0.3 is 10.2 Å². The van der Waals surface area contributed by atoms with Crippen molar-refractivity contribution in [1.29, 1.82) is 0 Å². The summed E-state index contributed by atoms with van der Waals surface area (Å²) in [6.45, 7) is 0.945. The third-order valence-electron chi connectivity index (χ3n) is 4.72. The topological polar surface area (TPSA) is 15.3 Å². The fourth-order valence-electron chi connectivity index (χ4n) is 3.59. The Morgan fingerprint density at radius 1 is 1.17 bits per heavy atom. The summed E-state index contributed by atoms with van der Waals surface area (Å²) in [6.07, 6.45) is 7.69. The van der Waals surface area contributed by atoms with Gasteiger partial charge in [0.1, 0.15) is 5.82 Å². The van der Waals surface area contributed by atoms with Crippen LogP contribution in [-0.4, -0.2) is 19.1 Å². The minimum Gasteiger partial charge on any atom is -0.383 e. The Morgan fingerprint density at radius 2 is 1.94 bits per heavy atom. The number of hydrogen-bond acceptors (Lipinski definition) is 2. The first-order valence-corrected chi connectivity index (χ1v) is 6.99. The van der Waals surface area contributed by atoms with Gasteiger partial charge in [0.05, 0.1) is 11.4 Å². The van der Waals surface area contributed by atoms with Gasteiger partial charge in [-0.15, -0.1) is 0 Å². The maximum absolute atomic E-state index is 13.3. The van der Waals surface area contributed by atoms with Gasteiger partial charge in [0.25, 0.3) is 0 Å². The first-order valence-electron chi connectivity index (χ1n) is 6.99. The maximum Gasteiger partial charge on any atom is 0.125 e. The summed E-state index contributed by atoms with van der Waals surface area (Å²) >= 11 is 0. The number of nitrogens with one attached hydrogen (secondary N) is 1. The van der Waals surface area contributed by atoms with Gasteiger partial charge in [-0.2, -0.15) is 0 Å². The molecule has 0 radical (unpaired) electrons. The second-order valence-electron chi connectivity index (χ2n) is 5.68. The summed E-state index contributed by atoms with van der Waals surface area (Å²) in [5.74, 6) is -0.158. The first kappa shape index (κ1) is 11.8. The number of fused-ring (bicyclic) bond motifs is 1. The molecule has 1 spiro atoms. The Bertz CT molecular complexity index is 438. The summed E-state index contributed by atoms with van der Waals surface area (Å²) in [5.41, 5.74) is 2.38. The van der Waals surface area contributed by atoms with Gasteiger partial charge in [-0.3, -0.25) is 0 Å². The van der Waals surface area contributed by atoms with Crippen LogP contribution in [-0.2, 0) is 0 Å². The van der Waals surface area contributed by atoms with Gasteiger partial charge in [0, 0.05) is 19.1 Å². The Kier molecular flexibility index (Phi) is 2.92. The molecular weight excluding hydrogens is 227 g/mol. The van der Waals surface area contributed by atoms with Crippen molar-refractivity contribution in [3.05, 3.63) is 24.0 Å². The number of rotatable bonds is 0. The van der Waals surface area contributed by atoms with Crippen molar-refractivity contribution in [2.45, 2.75) is 44.1 Å². The summed E-state index contributed by atoms with van der Waals surface area (Å²) in [4.78, 5) is 2.40. The highest BCUT2D eigenvalue weighted by Crippen LogP contribution is 2.42. The van der Waals surface area contributed by atoms with Crippen molar-refractivity contribution in [2.24, 2.45) is 0 Å². The van der Waals surface area contributed by atoms with E-state index < -0.39 is 0 Å². The molecule has 1 aromatic rings. The molecule has 1 heterocycles. The molecule has 1 aliphatic carbocycles. The number of benzene rings is 1. The van der Waals surface area contributed by atoms with Gasteiger partial charge in [-0.25, -0.2) is 4.39 Å². The molecule has 0 bridgehead atoms. The molecule has 1 aromatic carbocycles. The van der Waals surface area contributed by atoms with Gasteiger partial charge in [-0.05, 0) is 37.5 Å². The molecule has 2 nitrogen and oxygen atoms in total. The number of hydrogen-bond donors (Lipinski definition) is 1. The second-order valence-corrected chi connectivity index (χ2v) is 5.68. The lowest BCUT2D eigenvalue weighted by molar-refractivity contribution is 0.274. The Labute approximate surface area is 108 Å². The molecule has 0 aromatic heterocycles. The third kappa shape index (κ3) is 1.86. The highest BCUT2D eigenvalue weighted by molar-refractivity contribution is 5.71. The quantitative estimate of drug-likeness (QED) is 0.751. The molecule has 3 rings (SSSR count). The lowest BCUT2D eigenvalue weighted by Gasteiger charge is -2.45. The van der Waals surface area contributed by atoms with E-state index in [0.29, 0.717) is 0 Å². The molecule has 2 aliphatic rings. The van der Waals surface area contributed by atoms with Crippen LogP contribution in [0.1, 0.15) is 38.5 Å². The predicted molar refractivity (Wildman–Crippen MR) is 73.7 cm³/mol.